The summed E-state index contributed by atoms with van der Waals surface area (Å²) < 4.78 is 65.2. The molecule has 0 radical (unpaired) electrons. The number of aryl methyl sites for hydroxylation is 1. The van der Waals surface area contributed by atoms with Crippen LogP contribution in [0.25, 0.3) is 11.0 Å². The van der Waals surface area contributed by atoms with Crippen molar-refractivity contribution in [3.8, 4) is 0 Å². The minimum atomic E-state index is -5.73. The fourth-order valence-electron chi connectivity index (χ4n) is 1.94. The number of aromatic nitrogens is 3. The van der Waals surface area contributed by atoms with Crippen molar-refractivity contribution in [2.45, 2.75) is 32.1 Å². The molecule has 0 atom stereocenters. The van der Waals surface area contributed by atoms with Gasteiger partial charge in [0.15, 0.2) is 0 Å². The van der Waals surface area contributed by atoms with Crippen LogP contribution in [-0.4, -0.2) is 26.2 Å². The van der Waals surface area contributed by atoms with Gasteiger partial charge in [-0.25, -0.2) is 9.78 Å². The van der Waals surface area contributed by atoms with Crippen LogP contribution in [0.3, 0.4) is 0 Å². The summed E-state index contributed by atoms with van der Waals surface area (Å²) in [4.78, 5) is 15.8. The molecule has 0 saturated carbocycles. The van der Waals surface area contributed by atoms with Crippen molar-refractivity contribution in [2.75, 3.05) is 0 Å². The molecule has 0 spiro atoms. The molecule has 10 heteroatoms. The number of pyridine rings is 1. The summed E-state index contributed by atoms with van der Waals surface area (Å²) in [5.41, 5.74) is -0.771. The van der Waals surface area contributed by atoms with Gasteiger partial charge < -0.3 is 0 Å². The molecule has 116 valence electrons. The van der Waals surface area contributed by atoms with E-state index in [1.807, 2.05) is 0 Å². The summed E-state index contributed by atoms with van der Waals surface area (Å²) >= 11 is 3.06. The van der Waals surface area contributed by atoms with Crippen molar-refractivity contribution < 1.29 is 22.0 Å². The van der Waals surface area contributed by atoms with E-state index < -0.39 is 24.3 Å². The lowest BCUT2D eigenvalue weighted by Gasteiger charge is -2.19. The first-order chi connectivity index (χ1) is 9.58. The Hall–Kier alpha value is -1.45. The molecule has 4 nitrogen and oxygen atoms in total. The Morgan fingerprint density at radius 3 is 2.33 bits per heavy atom. The molecular weight excluding hydrogens is 365 g/mol. The molecule has 0 bridgehead atoms. The maximum atomic E-state index is 13.2. The lowest BCUT2D eigenvalue weighted by Crippen LogP contribution is -2.42. The van der Waals surface area contributed by atoms with E-state index in [4.69, 9.17) is 0 Å². The monoisotopic (exact) mass is 373 g/mol. The van der Waals surface area contributed by atoms with Gasteiger partial charge in [0, 0.05) is 6.54 Å². The van der Waals surface area contributed by atoms with Crippen LogP contribution in [0.2, 0.25) is 0 Å². The highest BCUT2D eigenvalue weighted by molar-refractivity contribution is 9.10. The van der Waals surface area contributed by atoms with Gasteiger partial charge in [0.1, 0.15) is 11.1 Å². The topological polar surface area (TPSA) is 39.8 Å². The molecule has 21 heavy (non-hydrogen) atoms. The van der Waals surface area contributed by atoms with Crippen molar-refractivity contribution in [2.24, 2.45) is 0 Å². The average Bonchev–Trinajstić information content (AvgIpc) is 2.59. The zero-order chi connectivity index (χ0) is 16.0. The lowest BCUT2D eigenvalue weighted by atomic mass is 10.3. The Kier molecular flexibility index (Phi) is 3.85. The fourth-order valence-corrected chi connectivity index (χ4v) is 2.25. The van der Waals surface area contributed by atoms with Crippen molar-refractivity contribution in [3.05, 3.63) is 27.4 Å². The van der Waals surface area contributed by atoms with Gasteiger partial charge in [-0.1, -0.05) is 0 Å². The first-order valence-electron chi connectivity index (χ1n) is 5.77. The number of rotatable bonds is 3. The number of hydrogen-bond donors (Lipinski definition) is 0. The van der Waals surface area contributed by atoms with Gasteiger partial charge in [0.25, 0.3) is 0 Å². The summed E-state index contributed by atoms with van der Waals surface area (Å²) in [6, 6.07) is 1.39. The molecule has 2 aromatic rings. The van der Waals surface area contributed by atoms with Gasteiger partial charge in [-0.3, -0.25) is 9.13 Å². The van der Waals surface area contributed by atoms with Crippen LogP contribution in [0.15, 0.2) is 21.7 Å². The van der Waals surface area contributed by atoms with Gasteiger partial charge in [-0.05, 0) is 28.9 Å². The first-order valence-corrected chi connectivity index (χ1v) is 6.57. The number of nitrogens with zero attached hydrogens (tertiary/aromatic N) is 3. The minimum absolute atomic E-state index is 0.0750. The first kappa shape index (κ1) is 15.9. The van der Waals surface area contributed by atoms with E-state index in [0.29, 0.717) is 9.17 Å². The number of hydrogen-bond acceptors (Lipinski definition) is 2. The van der Waals surface area contributed by atoms with Gasteiger partial charge >= 0.3 is 17.8 Å². The molecule has 0 fully saturated rings. The van der Waals surface area contributed by atoms with Crippen LogP contribution in [0.1, 0.15) is 6.92 Å². The van der Waals surface area contributed by atoms with E-state index in [1.165, 1.54) is 6.07 Å². The Morgan fingerprint density at radius 1 is 1.19 bits per heavy atom. The third-order valence-electron chi connectivity index (χ3n) is 2.96. The van der Waals surface area contributed by atoms with Gasteiger partial charge in [0.2, 0.25) is 0 Å². The molecule has 2 aromatic heterocycles. The third kappa shape index (κ3) is 2.68. The highest BCUT2D eigenvalue weighted by atomic mass is 79.9. The van der Waals surface area contributed by atoms with Crippen LogP contribution in [0, 0.1) is 0 Å². The number of imidazole rings is 1. The Labute approximate surface area is 123 Å². The molecule has 0 aliphatic rings. The number of fused-ring (bicyclic) bond motifs is 1. The van der Waals surface area contributed by atoms with Crippen molar-refractivity contribution >= 4 is 27.0 Å². The maximum absolute atomic E-state index is 13.2. The van der Waals surface area contributed by atoms with Crippen molar-refractivity contribution in [3.63, 3.8) is 0 Å². The Morgan fingerprint density at radius 2 is 1.81 bits per heavy atom. The van der Waals surface area contributed by atoms with Crippen LogP contribution in [0.5, 0.6) is 0 Å². The predicted octanol–water partition coefficient (Wildman–Crippen LogP) is 3.18. The Balaban J connectivity index is 2.65. The van der Waals surface area contributed by atoms with E-state index in [2.05, 4.69) is 20.9 Å². The lowest BCUT2D eigenvalue weighted by molar-refractivity contribution is -0.286. The fraction of sp³-hybridized carbons (Fsp3) is 0.455. The van der Waals surface area contributed by atoms with Crippen LogP contribution in [-0.2, 0) is 13.1 Å². The summed E-state index contributed by atoms with van der Waals surface area (Å²) in [7, 11) is 0. The van der Waals surface area contributed by atoms with E-state index in [9.17, 15) is 26.7 Å². The molecule has 2 rings (SSSR count). The number of halogens is 6. The minimum Gasteiger partial charge on any atom is -0.292 e. The zero-order valence-corrected chi connectivity index (χ0v) is 12.2. The maximum Gasteiger partial charge on any atom is 0.455 e. The van der Waals surface area contributed by atoms with Crippen molar-refractivity contribution in [1.29, 1.82) is 0 Å². The molecule has 0 saturated heterocycles. The quantitative estimate of drug-likeness (QED) is 0.612. The van der Waals surface area contributed by atoms with Gasteiger partial charge in [0.05, 0.1) is 17.2 Å². The molecule has 2 heterocycles. The van der Waals surface area contributed by atoms with E-state index in [-0.39, 0.29) is 17.6 Å². The largest absolute Gasteiger partial charge is 0.455 e. The zero-order valence-electron chi connectivity index (χ0n) is 10.6. The summed E-state index contributed by atoms with van der Waals surface area (Å²) in [6.45, 7) is -0.0556. The Bertz CT molecular complexity index is 734. The second-order valence-corrected chi connectivity index (χ2v) is 5.12. The molecule has 0 aliphatic heterocycles. The highest BCUT2D eigenvalue weighted by Gasteiger charge is 2.58. The molecule has 0 aliphatic carbocycles. The second-order valence-electron chi connectivity index (χ2n) is 4.31. The average molecular weight is 374 g/mol. The molecule has 0 unspecified atom stereocenters. The van der Waals surface area contributed by atoms with E-state index in [1.54, 1.807) is 6.92 Å². The second kappa shape index (κ2) is 5.08. The van der Waals surface area contributed by atoms with Crippen LogP contribution >= 0.6 is 15.9 Å². The summed E-state index contributed by atoms with van der Waals surface area (Å²) in [6.07, 6.45) is -4.64. The number of alkyl halides is 5. The summed E-state index contributed by atoms with van der Waals surface area (Å²) in [5.74, 6) is -5.00. The van der Waals surface area contributed by atoms with Gasteiger partial charge in [-0.2, -0.15) is 22.0 Å². The third-order valence-corrected chi connectivity index (χ3v) is 3.39. The predicted molar refractivity (Wildman–Crippen MR) is 68.4 cm³/mol. The molecule has 0 N–H and O–H groups in total. The van der Waals surface area contributed by atoms with E-state index in [0.717, 1.165) is 10.8 Å². The van der Waals surface area contributed by atoms with Crippen LogP contribution < -0.4 is 5.69 Å². The van der Waals surface area contributed by atoms with Crippen molar-refractivity contribution in [1.82, 2.24) is 14.1 Å². The normalized spacial score (nSPS) is 13.1. The molecular formula is C11H9BrF5N3O. The summed E-state index contributed by atoms with van der Waals surface area (Å²) in [5, 5.41) is 0. The standard InChI is InChI=1S/C11H9BrF5N3O/c1-2-19-6-3-8(12)18-4-7(6)20(9(19)21)5-10(13,14)11(15,16)17/h3-4H,2,5H2,1H3. The smallest absolute Gasteiger partial charge is 0.292 e. The van der Waals surface area contributed by atoms with E-state index >= 15 is 0 Å². The SMILES string of the molecule is CCn1c(=O)n(CC(F)(F)C(F)(F)F)c2cnc(Br)cc21. The van der Waals surface area contributed by atoms with Crippen LogP contribution in [0.4, 0.5) is 22.0 Å². The highest BCUT2D eigenvalue weighted by Crippen LogP contribution is 2.37. The van der Waals surface area contributed by atoms with Gasteiger partial charge in [-0.15, -0.1) is 0 Å². The molecule has 0 aromatic carbocycles. The molecule has 0 amide bonds.